The molecular formula is C21H19NO. The molecule has 0 aromatic heterocycles. The van der Waals surface area contributed by atoms with E-state index >= 15 is 0 Å². The predicted molar refractivity (Wildman–Crippen MR) is 95.0 cm³/mol. The monoisotopic (exact) mass is 301 g/mol. The topological polar surface area (TPSA) is 12.5 Å². The van der Waals surface area contributed by atoms with Gasteiger partial charge in [0.05, 0.1) is 12.2 Å². The summed E-state index contributed by atoms with van der Waals surface area (Å²) in [5.74, 6) is 0.957. The Morgan fingerprint density at radius 1 is 0.783 bits per heavy atom. The van der Waals surface area contributed by atoms with E-state index in [9.17, 15) is 0 Å². The second-order valence-electron chi connectivity index (χ2n) is 5.94. The van der Waals surface area contributed by atoms with Crippen molar-refractivity contribution in [3.05, 3.63) is 84.4 Å². The average Bonchev–Trinajstić information content (AvgIpc) is 2.63. The second kappa shape index (κ2) is 5.81. The SMILES string of the molecule is CN1CC(c2ccc(-c3ccccc3)cc2)Oc2ccccc21. The Labute approximate surface area is 137 Å². The van der Waals surface area contributed by atoms with Crippen LogP contribution in [-0.4, -0.2) is 13.6 Å². The van der Waals surface area contributed by atoms with E-state index in [1.165, 1.54) is 16.7 Å². The summed E-state index contributed by atoms with van der Waals surface area (Å²) in [6.45, 7) is 0.863. The molecule has 2 nitrogen and oxygen atoms in total. The van der Waals surface area contributed by atoms with Crippen LogP contribution in [0.4, 0.5) is 5.69 Å². The first-order valence-electron chi connectivity index (χ1n) is 7.93. The van der Waals surface area contributed by atoms with E-state index in [0.717, 1.165) is 18.0 Å². The maximum absolute atomic E-state index is 6.19. The first-order chi connectivity index (χ1) is 11.3. The van der Waals surface area contributed by atoms with Gasteiger partial charge in [-0.3, -0.25) is 0 Å². The zero-order valence-corrected chi connectivity index (χ0v) is 13.1. The molecule has 114 valence electrons. The molecule has 0 fully saturated rings. The van der Waals surface area contributed by atoms with Crippen LogP contribution in [0.5, 0.6) is 5.75 Å². The molecule has 3 aromatic carbocycles. The van der Waals surface area contributed by atoms with Crippen molar-refractivity contribution in [2.24, 2.45) is 0 Å². The molecule has 0 radical (unpaired) electrons. The van der Waals surface area contributed by atoms with Crippen LogP contribution in [0.25, 0.3) is 11.1 Å². The van der Waals surface area contributed by atoms with Gasteiger partial charge in [0.1, 0.15) is 11.9 Å². The highest BCUT2D eigenvalue weighted by Crippen LogP contribution is 2.37. The number of ether oxygens (including phenoxy) is 1. The molecule has 0 N–H and O–H groups in total. The molecule has 1 atom stereocenters. The molecule has 1 aliphatic heterocycles. The van der Waals surface area contributed by atoms with Crippen LogP contribution in [0.2, 0.25) is 0 Å². The van der Waals surface area contributed by atoms with E-state index in [-0.39, 0.29) is 6.10 Å². The molecule has 3 aromatic rings. The van der Waals surface area contributed by atoms with Crippen molar-refractivity contribution in [2.45, 2.75) is 6.10 Å². The molecule has 1 aliphatic rings. The number of rotatable bonds is 2. The molecule has 4 rings (SSSR count). The second-order valence-corrected chi connectivity index (χ2v) is 5.94. The molecular weight excluding hydrogens is 282 g/mol. The highest BCUT2D eigenvalue weighted by atomic mass is 16.5. The standard InChI is InChI=1S/C21H19NO/c1-22-15-21(23-20-10-6-5-9-19(20)22)18-13-11-17(12-14-18)16-7-3-2-4-8-16/h2-14,21H,15H2,1H3. The van der Waals surface area contributed by atoms with Crippen molar-refractivity contribution in [3.8, 4) is 16.9 Å². The van der Waals surface area contributed by atoms with Crippen LogP contribution >= 0.6 is 0 Å². The summed E-state index contributed by atoms with van der Waals surface area (Å²) in [6, 6.07) is 27.4. The number of nitrogens with zero attached hydrogens (tertiary/aromatic N) is 1. The van der Waals surface area contributed by atoms with Gasteiger partial charge in [0.2, 0.25) is 0 Å². The molecule has 2 heteroatoms. The molecule has 0 saturated heterocycles. The van der Waals surface area contributed by atoms with Crippen LogP contribution < -0.4 is 9.64 Å². The van der Waals surface area contributed by atoms with Gasteiger partial charge in [0.15, 0.2) is 0 Å². The Morgan fingerprint density at radius 2 is 1.43 bits per heavy atom. The molecule has 0 amide bonds. The van der Waals surface area contributed by atoms with Gasteiger partial charge in [-0.25, -0.2) is 0 Å². The number of benzene rings is 3. The lowest BCUT2D eigenvalue weighted by Crippen LogP contribution is -2.32. The van der Waals surface area contributed by atoms with Gasteiger partial charge in [-0.1, -0.05) is 66.7 Å². The van der Waals surface area contributed by atoms with Crippen LogP contribution in [-0.2, 0) is 0 Å². The number of likely N-dealkylation sites (N-methyl/N-ethyl adjacent to an activating group) is 1. The zero-order chi connectivity index (χ0) is 15.6. The van der Waals surface area contributed by atoms with E-state index in [1.54, 1.807) is 0 Å². The van der Waals surface area contributed by atoms with Crippen molar-refractivity contribution in [1.82, 2.24) is 0 Å². The Hall–Kier alpha value is -2.74. The molecule has 0 bridgehead atoms. The number of hydrogen-bond acceptors (Lipinski definition) is 2. The fraction of sp³-hybridized carbons (Fsp3) is 0.143. The summed E-state index contributed by atoms with van der Waals surface area (Å²) in [5.41, 5.74) is 4.85. The maximum Gasteiger partial charge on any atom is 0.143 e. The lowest BCUT2D eigenvalue weighted by atomic mass is 10.0. The molecule has 0 saturated carbocycles. The van der Waals surface area contributed by atoms with Gasteiger partial charge in [-0.15, -0.1) is 0 Å². The Bertz CT molecular complexity index is 796. The van der Waals surface area contributed by atoms with E-state index in [0.29, 0.717) is 0 Å². The highest BCUT2D eigenvalue weighted by Gasteiger charge is 2.24. The smallest absolute Gasteiger partial charge is 0.143 e. The molecule has 0 aliphatic carbocycles. The van der Waals surface area contributed by atoms with E-state index in [1.807, 2.05) is 24.3 Å². The van der Waals surface area contributed by atoms with Crippen molar-refractivity contribution >= 4 is 5.69 Å². The number of fused-ring (bicyclic) bond motifs is 1. The Balaban J connectivity index is 1.60. The third-order valence-electron chi connectivity index (χ3n) is 4.38. The predicted octanol–water partition coefficient (Wildman–Crippen LogP) is 4.92. The Kier molecular flexibility index (Phi) is 3.51. The summed E-state index contributed by atoms with van der Waals surface area (Å²) in [5, 5.41) is 0. The minimum atomic E-state index is 0.0692. The minimum absolute atomic E-state index is 0.0692. The van der Waals surface area contributed by atoms with E-state index < -0.39 is 0 Å². The van der Waals surface area contributed by atoms with Crippen LogP contribution in [0, 0.1) is 0 Å². The van der Waals surface area contributed by atoms with Crippen LogP contribution in [0.1, 0.15) is 11.7 Å². The van der Waals surface area contributed by atoms with Gasteiger partial charge < -0.3 is 9.64 Å². The van der Waals surface area contributed by atoms with Crippen LogP contribution in [0.3, 0.4) is 0 Å². The van der Waals surface area contributed by atoms with Gasteiger partial charge in [0, 0.05) is 7.05 Å². The first-order valence-corrected chi connectivity index (χ1v) is 7.93. The van der Waals surface area contributed by atoms with Gasteiger partial charge in [-0.2, -0.15) is 0 Å². The summed E-state index contributed by atoms with van der Waals surface area (Å²) in [6.07, 6.45) is 0.0692. The molecule has 0 spiro atoms. The van der Waals surface area contributed by atoms with Gasteiger partial charge in [-0.05, 0) is 28.8 Å². The fourth-order valence-corrected chi connectivity index (χ4v) is 3.10. The molecule has 1 unspecified atom stereocenters. The maximum atomic E-state index is 6.19. The largest absolute Gasteiger partial charge is 0.482 e. The van der Waals surface area contributed by atoms with Crippen molar-refractivity contribution in [1.29, 1.82) is 0 Å². The summed E-state index contributed by atoms with van der Waals surface area (Å²) in [4.78, 5) is 2.26. The fourth-order valence-electron chi connectivity index (χ4n) is 3.10. The lowest BCUT2D eigenvalue weighted by molar-refractivity contribution is 0.200. The number of para-hydroxylation sites is 2. The van der Waals surface area contributed by atoms with Gasteiger partial charge in [0.25, 0.3) is 0 Å². The summed E-state index contributed by atoms with van der Waals surface area (Å²) in [7, 11) is 2.12. The minimum Gasteiger partial charge on any atom is -0.482 e. The third-order valence-corrected chi connectivity index (χ3v) is 4.38. The Morgan fingerprint density at radius 3 is 2.22 bits per heavy atom. The van der Waals surface area contributed by atoms with E-state index in [4.69, 9.17) is 4.74 Å². The molecule has 23 heavy (non-hydrogen) atoms. The van der Waals surface area contributed by atoms with Crippen molar-refractivity contribution < 1.29 is 4.74 Å². The summed E-state index contributed by atoms with van der Waals surface area (Å²) < 4.78 is 6.19. The zero-order valence-electron chi connectivity index (χ0n) is 13.1. The summed E-state index contributed by atoms with van der Waals surface area (Å²) >= 11 is 0. The van der Waals surface area contributed by atoms with Crippen molar-refractivity contribution in [2.75, 3.05) is 18.5 Å². The van der Waals surface area contributed by atoms with Gasteiger partial charge >= 0.3 is 0 Å². The van der Waals surface area contributed by atoms with Crippen molar-refractivity contribution in [3.63, 3.8) is 0 Å². The van der Waals surface area contributed by atoms with E-state index in [2.05, 4.69) is 66.5 Å². The van der Waals surface area contributed by atoms with Crippen LogP contribution in [0.15, 0.2) is 78.9 Å². The average molecular weight is 301 g/mol. The number of hydrogen-bond donors (Lipinski definition) is 0. The lowest BCUT2D eigenvalue weighted by Gasteiger charge is -2.34. The quantitative estimate of drug-likeness (QED) is 0.666. The number of anilines is 1. The highest BCUT2D eigenvalue weighted by molar-refractivity contribution is 5.64. The first kappa shape index (κ1) is 13.9. The third kappa shape index (κ3) is 2.68. The normalized spacial score (nSPS) is 16.6. The molecule has 1 heterocycles.